The van der Waals surface area contributed by atoms with Gasteiger partial charge in [0.2, 0.25) is 0 Å². The number of hydrogen-bond donors (Lipinski definition) is 0. The van der Waals surface area contributed by atoms with Crippen molar-refractivity contribution in [3.63, 3.8) is 0 Å². The van der Waals surface area contributed by atoms with Gasteiger partial charge < -0.3 is 9.47 Å². The van der Waals surface area contributed by atoms with Crippen LogP contribution in [-0.2, 0) is 13.0 Å². The molecule has 0 spiro atoms. The third-order valence-corrected chi connectivity index (χ3v) is 6.85. The predicted octanol–water partition coefficient (Wildman–Crippen LogP) is 5.45. The van der Waals surface area contributed by atoms with Gasteiger partial charge in [-0.15, -0.1) is 0 Å². The molecule has 2 aromatic rings. The highest BCUT2D eigenvalue weighted by Gasteiger charge is 2.34. The van der Waals surface area contributed by atoms with E-state index in [1.807, 2.05) is 26.0 Å². The van der Waals surface area contributed by atoms with E-state index in [0.717, 1.165) is 49.4 Å². The zero-order valence-corrected chi connectivity index (χ0v) is 19.2. The van der Waals surface area contributed by atoms with Gasteiger partial charge in [-0.1, -0.05) is 24.3 Å². The summed E-state index contributed by atoms with van der Waals surface area (Å²) in [5, 5.41) is 0. The normalized spacial score (nSPS) is 19.5. The maximum atomic E-state index is 13.1. The Morgan fingerprint density at radius 3 is 2.35 bits per heavy atom. The number of ketones is 1. The van der Waals surface area contributed by atoms with E-state index in [4.69, 9.17) is 9.47 Å². The zero-order chi connectivity index (χ0) is 21.8. The largest absolute Gasteiger partial charge is 0.490 e. The molecule has 4 rings (SSSR count). The smallest absolute Gasteiger partial charge is 0.166 e. The van der Waals surface area contributed by atoms with Crippen LogP contribution < -0.4 is 9.47 Å². The minimum absolute atomic E-state index is 0.106. The van der Waals surface area contributed by atoms with Gasteiger partial charge in [0.25, 0.3) is 0 Å². The minimum atomic E-state index is 0.106. The summed E-state index contributed by atoms with van der Waals surface area (Å²) in [7, 11) is 0. The van der Waals surface area contributed by atoms with Crippen LogP contribution in [-0.4, -0.2) is 37.0 Å². The second-order valence-electron chi connectivity index (χ2n) is 8.97. The van der Waals surface area contributed by atoms with E-state index in [1.165, 1.54) is 24.0 Å². The molecular weight excluding hydrogens is 386 g/mol. The standard InChI is InChI=1S/C27H35NO3/c1-4-30-25-16-22-15-23(27(29)24(22)17-26(25)31-5-2)14-20-10-12-28(13-11-20)18-21-9-7-6-8-19(21)3/h6-9,16-17,20,23H,4-5,10-15,18H2,1-3H3. The predicted molar refractivity (Wildman–Crippen MR) is 124 cm³/mol. The second kappa shape index (κ2) is 9.86. The highest BCUT2D eigenvalue weighted by Crippen LogP contribution is 2.40. The van der Waals surface area contributed by atoms with Crippen molar-refractivity contribution in [3.8, 4) is 11.5 Å². The van der Waals surface area contributed by atoms with E-state index in [2.05, 4.69) is 36.1 Å². The maximum absolute atomic E-state index is 13.1. The van der Waals surface area contributed by atoms with Gasteiger partial charge in [0.05, 0.1) is 13.2 Å². The first-order valence-corrected chi connectivity index (χ1v) is 11.8. The van der Waals surface area contributed by atoms with Gasteiger partial charge in [-0.05, 0) is 94.3 Å². The molecule has 166 valence electrons. The first-order valence-electron chi connectivity index (χ1n) is 11.8. The fourth-order valence-electron chi connectivity index (χ4n) is 5.12. The Morgan fingerprint density at radius 2 is 1.68 bits per heavy atom. The summed E-state index contributed by atoms with van der Waals surface area (Å²) >= 11 is 0. The molecule has 4 nitrogen and oxygen atoms in total. The van der Waals surface area contributed by atoms with Crippen molar-refractivity contribution >= 4 is 5.78 Å². The summed E-state index contributed by atoms with van der Waals surface area (Å²) in [6, 6.07) is 12.6. The fraction of sp³-hybridized carbons (Fsp3) is 0.519. The lowest BCUT2D eigenvalue weighted by molar-refractivity contribution is 0.0895. The molecule has 0 aromatic heterocycles. The van der Waals surface area contributed by atoms with Gasteiger partial charge in [-0.25, -0.2) is 0 Å². The van der Waals surface area contributed by atoms with Gasteiger partial charge >= 0.3 is 0 Å². The number of fused-ring (bicyclic) bond motifs is 1. The van der Waals surface area contributed by atoms with Gasteiger partial charge in [0, 0.05) is 18.0 Å². The number of carbonyl (C=O) groups excluding carboxylic acids is 1. The fourth-order valence-corrected chi connectivity index (χ4v) is 5.12. The molecule has 0 saturated carbocycles. The maximum Gasteiger partial charge on any atom is 0.166 e. The number of likely N-dealkylation sites (tertiary alicyclic amines) is 1. The molecule has 1 aliphatic carbocycles. The molecule has 4 heteroatoms. The summed E-state index contributed by atoms with van der Waals surface area (Å²) in [5.74, 6) is 2.49. The van der Waals surface area contributed by atoms with Crippen LogP contribution in [0.2, 0.25) is 0 Å². The monoisotopic (exact) mass is 421 g/mol. The Balaban J connectivity index is 1.35. The van der Waals surface area contributed by atoms with Crippen molar-refractivity contribution < 1.29 is 14.3 Å². The van der Waals surface area contributed by atoms with Crippen LogP contribution in [0, 0.1) is 18.8 Å². The van der Waals surface area contributed by atoms with Crippen molar-refractivity contribution in [1.82, 2.24) is 4.90 Å². The number of piperidine rings is 1. The molecule has 1 unspecified atom stereocenters. The third kappa shape index (κ3) is 4.95. The summed E-state index contributed by atoms with van der Waals surface area (Å²) in [6.07, 6.45) is 4.20. The van der Waals surface area contributed by atoms with Gasteiger partial charge in [-0.2, -0.15) is 0 Å². The molecule has 1 saturated heterocycles. The molecule has 0 bridgehead atoms. The number of rotatable bonds is 8. The lowest BCUT2D eigenvalue weighted by Crippen LogP contribution is -2.34. The lowest BCUT2D eigenvalue weighted by atomic mass is 9.85. The van der Waals surface area contributed by atoms with Crippen LogP contribution in [0.5, 0.6) is 11.5 Å². The van der Waals surface area contributed by atoms with E-state index in [1.54, 1.807) is 0 Å². The SMILES string of the molecule is CCOc1cc2c(cc1OCC)C(=O)C(CC1CCN(Cc3ccccc3C)CC1)C2. The van der Waals surface area contributed by atoms with Crippen LogP contribution in [0.4, 0.5) is 0 Å². The molecule has 0 N–H and O–H groups in total. The van der Waals surface area contributed by atoms with Crippen molar-refractivity contribution in [2.45, 2.75) is 53.0 Å². The number of aryl methyl sites for hydroxylation is 1. The molecule has 1 fully saturated rings. The average Bonchev–Trinajstić information content (AvgIpc) is 3.06. The van der Waals surface area contributed by atoms with Crippen LogP contribution in [0.15, 0.2) is 36.4 Å². The van der Waals surface area contributed by atoms with E-state index in [9.17, 15) is 4.79 Å². The summed E-state index contributed by atoms with van der Waals surface area (Å²) in [4.78, 5) is 15.7. The van der Waals surface area contributed by atoms with Crippen LogP contribution in [0.1, 0.15) is 60.2 Å². The lowest BCUT2D eigenvalue weighted by Gasteiger charge is -2.33. The Labute approximate surface area is 186 Å². The van der Waals surface area contributed by atoms with Gasteiger partial charge in [-0.3, -0.25) is 9.69 Å². The van der Waals surface area contributed by atoms with Crippen molar-refractivity contribution in [1.29, 1.82) is 0 Å². The molecule has 0 amide bonds. The molecule has 1 atom stereocenters. The van der Waals surface area contributed by atoms with Crippen LogP contribution in [0.3, 0.4) is 0 Å². The number of nitrogens with zero attached hydrogens (tertiary/aromatic N) is 1. The highest BCUT2D eigenvalue weighted by atomic mass is 16.5. The first-order chi connectivity index (χ1) is 15.1. The molecule has 2 aromatic carbocycles. The first kappa shape index (κ1) is 21.9. The van der Waals surface area contributed by atoms with Crippen molar-refractivity contribution in [2.24, 2.45) is 11.8 Å². The molecular formula is C27H35NO3. The highest BCUT2D eigenvalue weighted by molar-refractivity contribution is 6.02. The quantitative estimate of drug-likeness (QED) is 0.568. The minimum Gasteiger partial charge on any atom is -0.490 e. The Hall–Kier alpha value is -2.33. The molecule has 2 aliphatic rings. The molecule has 1 heterocycles. The topological polar surface area (TPSA) is 38.8 Å². The number of carbonyl (C=O) groups is 1. The number of Topliss-reactive ketones (excluding diaryl/α,β-unsaturated/α-hetero) is 1. The molecule has 0 radical (unpaired) electrons. The Morgan fingerprint density at radius 1 is 1.00 bits per heavy atom. The second-order valence-corrected chi connectivity index (χ2v) is 8.97. The summed E-state index contributed by atoms with van der Waals surface area (Å²) < 4.78 is 11.5. The van der Waals surface area contributed by atoms with Crippen LogP contribution >= 0.6 is 0 Å². The molecule has 1 aliphatic heterocycles. The van der Waals surface area contributed by atoms with E-state index < -0.39 is 0 Å². The average molecular weight is 422 g/mol. The van der Waals surface area contributed by atoms with Crippen molar-refractivity contribution in [3.05, 3.63) is 58.7 Å². The summed E-state index contributed by atoms with van der Waals surface area (Å²) in [6.45, 7) is 10.6. The summed E-state index contributed by atoms with van der Waals surface area (Å²) in [5.41, 5.74) is 4.77. The number of benzene rings is 2. The zero-order valence-electron chi connectivity index (χ0n) is 19.2. The van der Waals surface area contributed by atoms with E-state index in [-0.39, 0.29) is 5.92 Å². The van der Waals surface area contributed by atoms with Crippen molar-refractivity contribution in [2.75, 3.05) is 26.3 Å². The van der Waals surface area contributed by atoms with Gasteiger partial charge in [0.15, 0.2) is 17.3 Å². The Bertz CT molecular complexity index is 915. The molecule has 31 heavy (non-hydrogen) atoms. The third-order valence-electron chi connectivity index (χ3n) is 6.85. The number of hydrogen-bond acceptors (Lipinski definition) is 4. The van der Waals surface area contributed by atoms with Crippen LogP contribution in [0.25, 0.3) is 0 Å². The van der Waals surface area contributed by atoms with E-state index >= 15 is 0 Å². The van der Waals surface area contributed by atoms with E-state index in [0.29, 0.717) is 30.7 Å². The Kier molecular flexibility index (Phi) is 6.96. The number of ether oxygens (including phenoxy) is 2. The van der Waals surface area contributed by atoms with Gasteiger partial charge in [0.1, 0.15) is 0 Å².